The van der Waals surface area contributed by atoms with Gasteiger partial charge in [0.05, 0.1) is 12.6 Å². The van der Waals surface area contributed by atoms with Crippen LogP contribution in [0.1, 0.15) is 23.2 Å². The van der Waals surface area contributed by atoms with Crippen LogP contribution in [0.3, 0.4) is 0 Å². The standard InChI is InChI=1S/C19H22N2O2/c1-3-13-12-20-8-6-14(13)10-19(22)16-7-9-21-18-5-4-15(23-2)11-17(16)18/h3-5,7,9,11,13-14,20H,1,6,8,10,12H2,2H3. The molecule has 0 bridgehead atoms. The Balaban J connectivity index is 1.89. The number of piperidine rings is 1. The van der Waals surface area contributed by atoms with Crippen molar-refractivity contribution in [1.29, 1.82) is 0 Å². The van der Waals surface area contributed by atoms with Crippen LogP contribution in [0, 0.1) is 11.8 Å². The Morgan fingerprint density at radius 2 is 2.35 bits per heavy atom. The zero-order valence-electron chi connectivity index (χ0n) is 13.4. The number of carbonyl (C=O) groups is 1. The van der Waals surface area contributed by atoms with Crippen molar-refractivity contribution in [3.8, 4) is 5.75 Å². The monoisotopic (exact) mass is 310 g/mol. The summed E-state index contributed by atoms with van der Waals surface area (Å²) in [5, 5.41) is 4.23. The van der Waals surface area contributed by atoms with Gasteiger partial charge in [0, 0.05) is 30.1 Å². The topological polar surface area (TPSA) is 51.2 Å². The Bertz CT molecular complexity index is 726. The molecule has 0 saturated carbocycles. The summed E-state index contributed by atoms with van der Waals surface area (Å²) >= 11 is 0. The molecule has 1 aliphatic rings. The van der Waals surface area contributed by atoms with E-state index in [9.17, 15) is 4.79 Å². The third kappa shape index (κ3) is 3.27. The molecule has 0 aliphatic carbocycles. The number of benzene rings is 1. The maximum atomic E-state index is 12.9. The molecule has 1 fully saturated rings. The van der Waals surface area contributed by atoms with E-state index in [0.29, 0.717) is 18.3 Å². The fourth-order valence-electron chi connectivity index (χ4n) is 3.31. The van der Waals surface area contributed by atoms with Gasteiger partial charge in [-0.25, -0.2) is 0 Å². The lowest BCUT2D eigenvalue weighted by molar-refractivity contribution is 0.0941. The number of aromatic nitrogens is 1. The molecular weight excluding hydrogens is 288 g/mol. The predicted molar refractivity (Wildman–Crippen MR) is 91.9 cm³/mol. The highest BCUT2D eigenvalue weighted by Gasteiger charge is 2.25. The SMILES string of the molecule is C=CC1CNCCC1CC(=O)c1ccnc2ccc(OC)cc12. The summed E-state index contributed by atoms with van der Waals surface area (Å²) in [5.41, 5.74) is 1.55. The number of hydrogen-bond donors (Lipinski definition) is 1. The summed E-state index contributed by atoms with van der Waals surface area (Å²) in [6.45, 7) is 5.78. The van der Waals surface area contributed by atoms with Crippen molar-refractivity contribution < 1.29 is 9.53 Å². The highest BCUT2D eigenvalue weighted by atomic mass is 16.5. The summed E-state index contributed by atoms with van der Waals surface area (Å²) in [4.78, 5) is 17.2. The summed E-state index contributed by atoms with van der Waals surface area (Å²) in [6, 6.07) is 7.46. The van der Waals surface area contributed by atoms with Gasteiger partial charge < -0.3 is 10.1 Å². The van der Waals surface area contributed by atoms with Crippen molar-refractivity contribution in [2.75, 3.05) is 20.2 Å². The van der Waals surface area contributed by atoms with Crippen LogP contribution in [0.25, 0.3) is 10.9 Å². The van der Waals surface area contributed by atoms with Gasteiger partial charge in [0.15, 0.2) is 5.78 Å². The Morgan fingerprint density at radius 1 is 1.48 bits per heavy atom. The molecule has 2 atom stereocenters. The molecule has 3 rings (SSSR count). The zero-order valence-corrected chi connectivity index (χ0v) is 13.4. The van der Waals surface area contributed by atoms with E-state index in [1.54, 1.807) is 13.3 Å². The molecule has 1 saturated heterocycles. The van der Waals surface area contributed by atoms with E-state index in [2.05, 4.69) is 16.9 Å². The van der Waals surface area contributed by atoms with Gasteiger partial charge in [0.25, 0.3) is 0 Å². The highest BCUT2D eigenvalue weighted by molar-refractivity contribution is 6.07. The van der Waals surface area contributed by atoms with Crippen LogP contribution in [0.4, 0.5) is 0 Å². The van der Waals surface area contributed by atoms with Crippen LogP contribution in [0.2, 0.25) is 0 Å². The van der Waals surface area contributed by atoms with Crippen LogP contribution in [0.15, 0.2) is 43.1 Å². The number of Topliss-reactive ketones (excluding diaryl/α,β-unsaturated/α-hetero) is 1. The van der Waals surface area contributed by atoms with Crippen LogP contribution < -0.4 is 10.1 Å². The Kier molecular flexibility index (Phi) is 4.72. The normalized spacial score (nSPS) is 21.1. The van der Waals surface area contributed by atoms with Gasteiger partial charge in [-0.15, -0.1) is 6.58 Å². The number of fused-ring (bicyclic) bond motifs is 1. The molecule has 0 radical (unpaired) electrons. The minimum Gasteiger partial charge on any atom is -0.497 e. The van der Waals surface area contributed by atoms with Gasteiger partial charge in [0.2, 0.25) is 0 Å². The van der Waals surface area contributed by atoms with E-state index in [4.69, 9.17) is 4.74 Å². The van der Waals surface area contributed by atoms with Crippen molar-refractivity contribution in [2.24, 2.45) is 11.8 Å². The molecule has 1 aliphatic heterocycles. The van der Waals surface area contributed by atoms with Crippen LogP contribution in [-0.2, 0) is 0 Å². The molecule has 0 spiro atoms. The van der Waals surface area contributed by atoms with Crippen LogP contribution >= 0.6 is 0 Å². The predicted octanol–water partition coefficient (Wildman–Crippen LogP) is 3.23. The lowest BCUT2D eigenvalue weighted by Crippen LogP contribution is -2.36. The van der Waals surface area contributed by atoms with Gasteiger partial charge in [-0.1, -0.05) is 6.08 Å². The first-order valence-electron chi connectivity index (χ1n) is 8.02. The second-order valence-electron chi connectivity index (χ2n) is 6.02. The van der Waals surface area contributed by atoms with Crippen molar-refractivity contribution in [3.63, 3.8) is 0 Å². The number of ketones is 1. The summed E-state index contributed by atoms with van der Waals surface area (Å²) < 4.78 is 5.28. The second kappa shape index (κ2) is 6.92. The highest BCUT2D eigenvalue weighted by Crippen LogP contribution is 2.28. The fraction of sp³-hybridized carbons (Fsp3) is 0.368. The lowest BCUT2D eigenvalue weighted by atomic mass is 9.82. The quantitative estimate of drug-likeness (QED) is 0.680. The molecule has 1 aromatic carbocycles. The van der Waals surface area contributed by atoms with Gasteiger partial charge in [0.1, 0.15) is 5.75 Å². The molecule has 2 unspecified atom stereocenters. The van der Waals surface area contributed by atoms with Gasteiger partial charge in [-0.2, -0.15) is 0 Å². The average Bonchev–Trinajstić information content (AvgIpc) is 2.61. The van der Waals surface area contributed by atoms with Crippen molar-refractivity contribution in [1.82, 2.24) is 10.3 Å². The smallest absolute Gasteiger partial charge is 0.163 e. The molecular formula is C19H22N2O2. The van der Waals surface area contributed by atoms with Crippen molar-refractivity contribution in [2.45, 2.75) is 12.8 Å². The van der Waals surface area contributed by atoms with Gasteiger partial charge in [-0.3, -0.25) is 9.78 Å². The zero-order chi connectivity index (χ0) is 16.2. The number of nitrogens with one attached hydrogen (secondary N) is 1. The molecule has 4 nitrogen and oxygen atoms in total. The first kappa shape index (κ1) is 15.7. The number of hydrogen-bond acceptors (Lipinski definition) is 4. The number of carbonyl (C=O) groups excluding carboxylic acids is 1. The maximum absolute atomic E-state index is 12.9. The molecule has 2 aromatic rings. The third-order valence-corrected chi connectivity index (χ3v) is 4.68. The second-order valence-corrected chi connectivity index (χ2v) is 6.02. The number of methoxy groups -OCH3 is 1. The van der Waals surface area contributed by atoms with E-state index in [0.717, 1.165) is 41.7 Å². The molecule has 1 N–H and O–H groups in total. The molecule has 1 aromatic heterocycles. The molecule has 0 amide bonds. The van der Waals surface area contributed by atoms with Gasteiger partial charge in [-0.05, 0) is 49.1 Å². The van der Waals surface area contributed by atoms with E-state index in [1.165, 1.54) is 0 Å². The fourth-order valence-corrected chi connectivity index (χ4v) is 3.31. The molecule has 23 heavy (non-hydrogen) atoms. The lowest BCUT2D eigenvalue weighted by Gasteiger charge is -2.29. The minimum atomic E-state index is 0.171. The number of nitrogens with zero attached hydrogens (tertiary/aromatic N) is 1. The van der Waals surface area contributed by atoms with Crippen LogP contribution in [0.5, 0.6) is 5.75 Å². The van der Waals surface area contributed by atoms with E-state index < -0.39 is 0 Å². The van der Waals surface area contributed by atoms with E-state index >= 15 is 0 Å². The first-order chi connectivity index (χ1) is 11.2. The number of pyridine rings is 1. The number of ether oxygens (including phenoxy) is 1. The molecule has 4 heteroatoms. The van der Waals surface area contributed by atoms with E-state index in [-0.39, 0.29) is 5.78 Å². The van der Waals surface area contributed by atoms with Gasteiger partial charge >= 0.3 is 0 Å². The Hall–Kier alpha value is -2.20. The summed E-state index contributed by atoms with van der Waals surface area (Å²) in [5.74, 6) is 1.63. The Morgan fingerprint density at radius 3 is 3.13 bits per heavy atom. The number of rotatable bonds is 5. The maximum Gasteiger partial charge on any atom is 0.163 e. The van der Waals surface area contributed by atoms with Crippen LogP contribution in [-0.4, -0.2) is 31.0 Å². The summed E-state index contributed by atoms with van der Waals surface area (Å²) in [6.07, 6.45) is 5.23. The summed E-state index contributed by atoms with van der Waals surface area (Å²) in [7, 11) is 1.63. The van der Waals surface area contributed by atoms with E-state index in [1.807, 2.05) is 30.3 Å². The third-order valence-electron chi connectivity index (χ3n) is 4.68. The first-order valence-corrected chi connectivity index (χ1v) is 8.02. The Labute approximate surface area is 136 Å². The minimum absolute atomic E-state index is 0.171. The molecule has 120 valence electrons. The van der Waals surface area contributed by atoms with Crippen molar-refractivity contribution >= 4 is 16.7 Å². The van der Waals surface area contributed by atoms with Crippen molar-refractivity contribution in [3.05, 3.63) is 48.7 Å². The molecule has 2 heterocycles. The largest absolute Gasteiger partial charge is 0.497 e. The average molecular weight is 310 g/mol.